The third-order valence-corrected chi connectivity index (χ3v) is 12.5. The molecule has 6 nitrogen and oxygen atoms in total. The van der Waals surface area contributed by atoms with Crippen molar-refractivity contribution in [3.05, 3.63) is 216 Å². The summed E-state index contributed by atoms with van der Waals surface area (Å²) in [6.07, 6.45) is 3.53. The molecule has 1 heterocycles. The summed E-state index contributed by atoms with van der Waals surface area (Å²) in [6, 6.07) is 65.0. The van der Waals surface area contributed by atoms with Gasteiger partial charge in [0.2, 0.25) is 0 Å². The summed E-state index contributed by atoms with van der Waals surface area (Å²) in [7, 11) is -1.75. The topological polar surface area (TPSA) is 94.9 Å². The molecule has 1 aromatic heterocycles. The van der Waals surface area contributed by atoms with Crippen LogP contribution in [0.25, 0.3) is 0 Å². The quantitative estimate of drug-likeness (QED) is 0.0868. The van der Waals surface area contributed by atoms with Crippen molar-refractivity contribution >= 4 is 47.7 Å². The minimum atomic E-state index is -1.75. The van der Waals surface area contributed by atoms with Gasteiger partial charge in [0.1, 0.15) is 37.7 Å². The number of nitrogens with zero attached hydrogens (tertiary/aromatic N) is 2. The fourth-order valence-electron chi connectivity index (χ4n) is 4.97. The van der Waals surface area contributed by atoms with Gasteiger partial charge >= 0.3 is 22.4 Å². The SMILES string of the molecule is Cc1ncc[nH]1.O=[N+]([O-])[O-].[Ag+].c1ccc([PH+](c2ccccc2)c2ccccc2)cc1.c1ccc([PH+](c2ccccc2)c2ccccc2)cc1. The van der Waals surface area contributed by atoms with E-state index in [1.54, 1.807) is 12.4 Å². The Balaban J connectivity index is 0.000000205. The van der Waals surface area contributed by atoms with E-state index >= 15 is 0 Å². The van der Waals surface area contributed by atoms with Gasteiger partial charge in [-0.25, -0.2) is 4.98 Å². The summed E-state index contributed by atoms with van der Waals surface area (Å²) < 4.78 is 0. The Hall–Kier alpha value is -4.67. The maximum atomic E-state index is 8.25. The average molecular weight is 779 g/mol. The second-order valence-corrected chi connectivity index (χ2v) is 15.3. The molecule has 0 unspecified atom stereocenters. The van der Waals surface area contributed by atoms with Crippen LogP contribution in [-0.4, -0.2) is 15.1 Å². The van der Waals surface area contributed by atoms with Crippen molar-refractivity contribution in [2.75, 3.05) is 0 Å². The number of nitrogens with one attached hydrogen (secondary N) is 1. The fraction of sp³-hybridized carbons (Fsp3) is 0.0250. The summed E-state index contributed by atoms with van der Waals surface area (Å²) in [5.74, 6) is 0.968. The number of H-pyrrole nitrogens is 1. The second-order valence-electron chi connectivity index (χ2n) is 10.3. The van der Waals surface area contributed by atoms with Crippen LogP contribution in [0.1, 0.15) is 5.82 Å². The second kappa shape index (κ2) is 22.1. The van der Waals surface area contributed by atoms with Gasteiger partial charge in [0.15, 0.2) is 0 Å². The van der Waals surface area contributed by atoms with Gasteiger partial charge in [0.25, 0.3) is 0 Å². The molecular weight excluding hydrogens is 740 g/mol. The van der Waals surface area contributed by atoms with Crippen molar-refractivity contribution in [1.29, 1.82) is 0 Å². The van der Waals surface area contributed by atoms with Gasteiger partial charge in [-0.1, -0.05) is 109 Å². The molecule has 0 amide bonds. The molecule has 0 spiro atoms. The first kappa shape index (κ1) is 38.8. The molecule has 0 radical (unpaired) electrons. The van der Waals surface area contributed by atoms with Gasteiger partial charge in [0, 0.05) is 12.4 Å². The maximum absolute atomic E-state index is 8.25. The molecule has 0 saturated heterocycles. The zero-order valence-corrected chi connectivity index (χ0v) is 30.4. The number of rotatable bonds is 6. The van der Waals surface area contributed by atoms with E-state index in [0.29, 0.717) is 0 Å². The molecule has 1 N–H and O–H groups in total. The van der Waals surface area contributed by atoms with Crippen LogP contribution in [0, 0.1) is 22.2 Å². The molecule has 6 aromatic carbocycles. The molecule has 0 bridgehead atoms. The summed E-state index contributed by atoms with van der Waals surface area (Å²) >= 11 is 0. The van der Waals surface area contributed by atoms with Gasteiger partial charge in [-0.2, -0.15) is 0 Å². The minimum Gasteiger partial charge on any atom is -0.356 e. The van der Waals surface area contributed by atoms with Gasteiger partial charge in [-0.05, 0) is 79.7 Å². The maximum Gasteiger partial charge on any atom is 1.00 e. The molecule has 0 aliphatic heterocycles. The Kier molecular flexibility index (Phi) is 17.5. The zero-order chi connectivity index (χ0) is 33.8. The van der Waals surface area contributed by atoms with Crippen molar-refractivity contribution in [1.82, 2.24) is 9.97 Å². The number of aromatic nitrogens is 2. The van der Waals surface area contributed by atoms with Crippen LogP contribution in [-0.2, 0) is 22.4 Å². The Bertz CT molecular complexity index is 1550. The van der Waals surface area contributed by atoms with Crippen molar-refractivity contribution in [2.45, 2.75) is 6.92 Å². The van der Waals surface area contributed by atoms with Gasteiger partial charge in [-0.3, -0.25) is 0 Å². The molecule has 9 heteroatoms. The smallest absolute Gasteiger partial charge is 0.356 e. The largest absolute Gasteiger partial charge is 1.00 e. The van der Waals surface area contributed by atoms with Crippen LogP contribution < -0.4 is 31.8 Å². The first-order valence-corrected chi connectivity index (χ1v) is 18.4. The van der Waals surface area contributed by atoms with Gasteiger partial charge in [-0.15, -0.1) is 0 Å². The molecule has 0 fully saturated rings. The Labute approximate surface area is 306 Å². The molecule has 49 heavy (non-hydrogen) atoms. The number of aromatic amines is 1. The standard InChI is InChI=1S/2C18H15P.C4H6N2.Ag.NO3/c2*1-4-10-16(11-5-1)19(17-12-6-2-7-13-17)18-14-8-3-9-15-18;1-4-5-2-3-6-4;;2-1(3)4/h2*1-15H;2-3H,1H3,(H,5,6);;/q;;;+1;-1/p+2. The molecular formula is C40H38AgN3O3P2+2. The van der Waals surface area contributed by atoms with E-state index in [4.69, 9.17) is 15.3 Å². The number of hydrogen-bond donors (Lipinski definition) is 1. The third kappa shape index (κ3) is 13.4. The van der Waals surface area contributed by atoms with Crippen molar-refractivity contribution in [3.63, 3.8) is 0 Å². The predicted molar refractivity (Wildman–Crippen MR) is 207 cm³/mol. The summed E-state index contributed by atoms with van der Waals surface area (Å²) in [5, 5.41) is 23.4. The molecule has 0 saturated carbocycles. The Morgan fingerprint density at radius 3 is 0.796 bits per heavy atom. The monoisotopic (exact) mass is 777 g/mol. The van der Waals surface area contributed by atoms with Crippen molar-refractivity contribution in [3.8, 4) is 0 Å². The fourth-order valence-corrected chi connectivity index (χ4v) is 10.1. The Morgan fingerprint density at radius 2 is 0.673 bits per heavy atom. The van der Waals surface area contributed by atoms with E-state index in [-0.39, 0.29) is 22.4 Å². The van der Waals surface area contributed by atoms with E-state index in [2.05, 4.69) is 192 Å². The van der Waals surface area contributed by atoms with Crippen molar-refractivity contribution in [2.24, 2.45) is 0 Å². The normalized spacial score (nSPS) is 9.78. The number of imidazole rings is 1. The zero-order valence-electron chi connectivity index (χ0n) is 26.9. The van der Waals surface area contributed by atoms with E-state index in [0.717, 1.165) is 5.82 Å². The molecule has 7 aromatic rings. The third-order valence-electron chi connectivity index (χ3n) is 7.01. The van der Waals surface area contributed by atoms with Crippen molar-refractivity contribution < 1.29 is 27.5 Å². The van der Waals surface area contributed by atoms with Crippen LogP contribution in [0.3, 0.4) is 0 Å². The number of aryl methyl sites for hydroxylation is 1. The summed E-state index contributed by atoms with van der Waals surface area (Å²) in [5.41, 5.74) is 0. The molecule has 250 valence electrons. The van der Waals surface area contributed by atoms with Crippen LogP contribution >= 0.6 is 15.8 Å². The van der Waals surface area contributed by atoms with E-state index in [9.17, 15) is 0 Å². The number of benzene rings is 6. The number of hydrogen-bond acceptors (Lipinski definition) is 4. The van der Waals surface area contributed by atoms with E-state index in [1.807, 2.05) is 6.92 Å². The summed E-state index contributed by atoms with van der Waals surface area (Å²) in [6.45, 7) is 1.92. The van der Waals surface area contributed by atoms with Crippen LogP contribution in [0.2, 0.25) is 0 Å². The minimum absolute atomic E-state index is 0. The average Bonchev–Trinajstić information content (AvgIpc) is 3.62. The van der Waals surface area contributed by atoms with Gasteiger partial charge in [0.05, 0.1) is 20.9 Å². The first-order valence-electron chi connectivity index (χ1n) is 15.4. The van der Waals surface area contributed by atoms with Crippen LogP contribution in [0.4, 0.5) is 0 Å². The predicted octanol–water partition coefficient (Wildman–Crippen LogP) is 6.83. The molecule has 7 rings (SSSR count). The van der Waals surface area contributed by atoms with Crippen LogP contribution in [0.15, 0.2) is 194 Å². The molecule has 0 aliphatic carbocycles. The first-order chi connectivity index (χ1) is 23.5. The summed E-state index contributed by atoms with van der Waals surface area (Å²) in [4.78, 5) is 15.0. The van der Waals surface area contributed by atoms with E-state index < -0.39 is 20.9 Å². The van der Waals surface area contributed by atoms with Gasteiger partial charge < -0.3 is 20.3 Å². The Morgan fingerprint density at radius 1 is 0.469 bits per heavy atom. The van der Waals surface area contributed by atoms with Crippen LogP contribution in [0.5, 0.6) is 0 Å². The van der Waals surface area contributed by atoms with E-state index in [1.165, 1.54) is 31.8 Å². The molecule has 0 atom stereocenters. The molecule has 0 aliphatic rings.